The highest BCUT2D eigenvalue weighted by Gasteiger charge is 2.10. The SMILES string of the molecule is Cc1nc2c3ccccc3c3ccncc3n2n1. The maximum absolute atomic E-state index is 4.52. The van der Waals surface area contributed by atoms with Gasteiger partial charge in [0, 0.05) is 17.0 Å². The molecule has 0 spiro atoms. The van der Waals surface area contributed by atoms with Crippen molar-refractivity contribution in [2.75, 3.05) is 0 Å². The van der Waals surface area contributed by atoms with Crippen molar-refractivity contribution in [2.24, 2.45) is 0 Å². The lowest BCUT2D eigenvalue weighted by atomic mass is 10.1. The van der Waals surface area contributed by atoms with Crippen molar-refractivity contribution in [1.29, 1.82) is 0 Å². The lowest BCUT2D eigenvalue weighted by Gasteiger charge is -2.05. The number of rotatable bonds is 0. The monoisotopic (exact) mass is 234 g/mol. The van der Waals surface area contributed by atoms with Crippen molar-refractivity contribution in [3.8, 4) is 0 Å². The van der Waals surface area contributed by atoms with E-state index < -0.39 is 0 Å². The number of hydrogen-bond acceptors (Lipinski definition) is 3. The highest BCUT2D eigenvalue weighted by molar-refractivity contribution is 6.11. The molecule has 4 nitrogen and oxygen atoms in total. The van der Waals surface area contributed by atoms with Crippen molar-refractivity contribution in [3.05, 3.63) is 48.5 Å². The molecule has 0 aliphatic rings. The molecule has 0 radical (unpaired) electrons. The van der Waals surface area contributed by atoms with E-state index in [9.17, 15) is 0 Å². The van der Waals surface area contributed by atoms with Gasteiger partial charge in [-0.3, -0.25) is 4.98 Å². The largest absolute Gasteiger partial charge is 0.262 e. The van der Waals surface area contributed by atoms with Gasteiger partial charge in [-0.05, 0) is 18.4 Å². The fourth-order valence-corrected chi connectivity index (χ4v) is 2.45. The molecule has 0 aliphatic heterocycles. The summed E-state index contributed by atoms with van der Waals surface area (Å²) >= 11 is 0. The number of nitrogens with zero attached hydrogens (tertiary/aromatic N) is 4. The van der Waals surface area contributed by atoms with Gasteiger partial charge in [0.2, 0.25) is 0 Å². The van der Waals surface area contributed by atoms with Crippen LogP contribution in [0.5, 0.6) is 0 Å². The van der Waals surface area contributed by atoms with Crippen molar-refractivity contribution in [2.45, 2.75) is 6.92 Å². The number of aryl methyl sites for hydroxylation is 1. The molecule has 4 aromatic rings. The summed E-state index contributed by atoms with van der Waals surface area (Å²) in [6.07, 6.45) is 3.65. The van der Waals surface area contributed by atoms with Gasteiger partial charge in [0.15, 0.2) is 5.65 Å². The van der Waals surface area contributed by atoms with Crippen LogP contribution in [0, 0.1) is 6.92 Å². The Balaban J connectivity index is 2.45. The van der Waals surface area contributed by atoms with Gasteiger partial charge in [0.05, 0.1) is 11.7 Å². The van der Waals surface area contributed by atoms with Gasteiger partial charge in [-0.2, -0.15) is 5.10 Å². The Hall–Kier alpha value is -2.49. The first-order chi connectivity index (χ1) is 8.84. The minimum absolute atomic E-state index is 0.775. The van der Waals surface area contributed by atoms with Gasteiger partial charge < -0.3 is 0 Å². The molecule has 0 atom stereocenters. The van der Waals surface area contributed by atoms with Crippen molar-refractivity contribution < 1.29 is 0 Å². The average molecular weight is 234 g/mol. The summed E-state index contributed by atoms with van der Waals surface area (Å²) in [6.45, 7) is 1.91. The van der Waals surface area contributed by atoms with Crippen LogP contribution in [0.4, 0.5) is 0 Å². The molecule has 0 amide bonds. The zero-order valence-corrected chi connectivity index (χ0v) is 9.83. The van der Waals surface area contributed by atoms with Gasteiger partial charge in [-0.25, -0.2) is 9.50 Å². The first-order valence-electron chi connectivity index (χ1n) is 5.82. The second-order valence-electron chi connectivity index (χ2n) is 4.33. The molecule has 3 aromatic heterocycles. The molecule has 0 saturated heterocycles. The molecule has 0 N–H and O–H groups in total. The second-order valence-corrected chi connectivity index (χ2v) is 4.33. The lowest BCUT2D eigenvalue weighted by molar-refractivity contribution is 0.964. The van der Waals surface area contributed by atoms with E-state index in [-0.39, 0.29) is 0 Å². The summed E-state index contributed by atoms with van der Waals surface area (Å²) in [7, 11) is 0. The zero-order valence-electron chi connectivity index (χ0n) is 9.83. The minimum atomic E-state index is 0.775. The molecule has 4 rings (SSSR count). The molecule has 18 heavy (non-hydrogen) atoms. The molecule has 86 valence electrons. The van der Waals surface area contributed by atoms with Crippen molar-refractivity contribution in [3.63, 3.8) is 0 Å². The van der Waals surface area contributed by atoms with Crippen LogP contribution >= 0.6 is 0 Å². The lowest BCUT2D eigenvalue weighted by Crippen LogP contribution is -1.93. The Morgan fingerprint density at radius 1 is 1.00 bits per heavy atom. The van der Waals surface area contributed by atoms with Crippen LogP contribution in [0.15, 0.2) is 42.7 Å². The summed E-state index contributed by atoms with van der Waals surface area (Å²) in [6, 6.07) is 10.3. The molecular weight excluding hydrogens is 224 g/mol. The van der Waals surface area contributed by atoms with Gasteiger partial charge in [-0.1, -0.05) is 24.3 Å². The second kappa shape index (κ2) is 3.26. The minimum Gasteiger partial charge on any atom is -0.262 e. The molecule has 1 aromatic carbocycles. The van der Waals surface area contributed by atoms with E-state index in [0.717, 1.165) is 27.8 Å². The first-order valence-corrected chi connectivity index (χ1v) is 5.82. The van der Waals surface area contributed by atoms with Crippen LogP contribution < -0.4 is 0 Å². The topological polar surface area (TPSA) is 43.1 Å². The standard InChI is InChI=1S/C14H10N4/c1-9-16-14-12-5-3-2-4-10(12)11-6-7-15-8-13(11)18(14)17-9/h2-8H,1H3. The first kappa shape index (κ1) is 9.53. The normalized spacial score (nSPS) is 11.6. The maximum Gasteiger partial charge on any atom is 0.164 e. The number of aromatic nitrogens is 4. The molecule has 4 heteroatoms. The van der Waals surface area contributed by atoms with Gasteiger partial charge in [0.25, 0.3) is 0 Å². The maximum atomic E-state index is 4.52. The Morgan fingerprint density at radius 2 is 1.83 bits per heavy atom. The van der Waals surface area contributed by atoms with Gasteiger partial charge in [-0.15, -0.1) is 0 Å². The Kier molecular flexibility index (Phi) is 1.73. The van der Waals surface area contributed by atoms with Crippen LogP contribution in [-0.2, 0) is 0 Å². The van der Waals surface area contributed by atoms with E-state index in [1.54, 1.807) is 0 Å². The van der Waals surface area contributed by atoms with E-state index in [1.165, 1.54) is 5.39 Å². The Labute approximate surface area is 103 Å². The number of benzene rings is 1. The molecule has 0 bridgehead atoms. The molecule has 3 heterocycles. The third-order valence-electron chi connectivity index (χ3n) is 3.20. The third-order valence-corrected chi connectivity index (χ3v) is 3.20. The fraction of sp³-hybridized carbons (Fsp3) is 0.0714. The van der Waals surface area contributed by atoms with Crippen molar-refractivity contribution >= 4 is 27.3 Å². The van der Waals surface area contributed by atoms with Crippen LogP contribution in [0.2, 0.25) is 0 Å². The third kappa shape index (κ3) is 1.12. The highest BCUT2D eigenvalue weighted by Crippen LogP contribution is 2.27. The average Bonchev–Trinajstić information content (AvgIpc) is 2.81. The van der Waals surface area contributed by atoms with E-state index >= 15 is 0 Å². The highest BCUT2D eigenvalue weighted by atomic mass is 15.3. The summed E-state index contributed by atoms with van der Waals surface area (Å²) in [4.78, 5) is 8.71. The fourth-order valence-electron chi connectivity index (χ4n) is 2.45. The zero-order chi connectivity index (χ0) is 12.1. The van der Waals surface area contributed by atoms with Crippen LogP contribution in [0.1, 0.15) is 5.82 Å². The Morgan fingerprint density at radius 3 is 2.72 bits per heavy atom. The Bertz CT molecular complexity index is 819. The smallest absolute Gasteiger partial charge is 0.164 e. The molecule has 0 aliphatic carbocycles. The molecule has 0 fully saturated rings. The van der Waals surface area contributed by atoms with E-state index in [4.69, 9.17) is 0 Å². The van der Waals surface area contributed by atoms with E-state index in [2.05, 4.69) is 27.2 Å². The molecular formula is C14H10N4. The molecule has 0 saturated carbocycles. The summed E-state index contributed by atoms with van der Waals surface area (Å²) in [5.41, 5.74) is 1.88. The number of pyridine rings is 2. The van der Waals surface area contributed by atoms with Gasteiger partial charge in [0.1, 0.15) is 5.82 Å². The number of fused-ring (bicyclic) bond motifs is 6. The quantitative estimate of drug-likeness (QED) is 0.439. The predicted molar refractivity (Wildman–Crippen MR) is 70.5 cm³/mol. The van der Waals surface area contributed by atoms with Crippen molar-refractivity contribution in [1.82, 2.24) is 19.6 Å². The van der Waals surface area contributed by atoms with Crippen LogP contribution in [-0.4, -0.2) is 19.6 Å². The number of hydrogen-bond donors (Lipinski definition) is 0. The van der Waals surface area contributed by atoms with E-state index in [1.807, 2.05) is 42.0 Å². The molecule has 0 unspecified atom stereocenters. The summed E-state index contributed by atoms with van der Waals surface area (Å²) in [5.74, 6) is 0.775. The predicted octanol–water partition coefficient (Wildman–Crippen LogP) is 2.74. The summed E-state index contributed by atoms with van der Waals surface area (Å²) in [5, 5.41) is 7.92. The summed E-state index contributed by atoms with van der Waals surface area (Å²) < 4.78 is 1.88. The van der Waals surface area contributed by atoms with Crippen LogP contribution in [0.25, 0.3) is 27.3 Å². The van der Waals surface area contributed by atoms with E-state index in [0.29, 0.717) is 0 Å². The van der Waals surface area contributed by atoms with Gasteiger partial charge >= 0.3 is 0 Å². The van der Waals surface area contributed by atoms with Crippen LogP contribution in [0.3, 0.4) is 0 Å².